The number of hydrogen-bond donors (Lipinski definition) is 2. The number of carbonyl (C=O) groups is 1. The highest BCUT2D eigenvalue weighted by Crippen LogP contribution is 2.24. The van der Waals surface area contributed by atoms with E-state index in [-0.39, 0.29) is 0 Å². The molecule has 0 aliphatic carbocycles. The van der Waals surface area contributed by atoms with Gasteiger partial charge in [0.25, 0.3) is 0 Å². The van der Waals surface area contributed by atoms with Crippen LogP contribution in [0.5, 0.6) is 0 Å². The van der Waals surface area contributed by atoms with Crippen LogP contribution in [0.25, 0.3) is 0 Å². The summed E-state index contributed by atoms with van der Waals surface area (Å²) in [7, 11) is 0. The van der Waals surface area contributed by atoms with Gasteiger partial charge in [0, 0.05) is 19.6 Å². The molecule has 1 aliphatic heterocycles. The fourth-order valence-corrected chi connectivity index (χ4v) is 2.80. The molecule has 0 saturated carbocycles. The number of carboxylic acid groups (broad SMARTS) is 1. The Balaban J connectivity index is 2.30. The zero-order valence-corrected chi connectivity index (χ0v) is 11.6. The van der Waals surface area contributed by atoms with E-state index in [2.05, 4.69) is 16.3 Å². The number of nitrogens with zero attached hydrogens (tertiary/aromatic N) is 1. The standard InChI is InChI=1S/C15H22N2O2/c1-11-8-12(2)10-13(9-11)14(15(18)19)17-6-3-4-16-5-7-17/h8-10,14,16H,3-7H2,1-2H3,(H,18,19). The lowest BCUT2D eigenvalue weighted by Crippen LogP contribution is -2.36. The number of carboxylic acids is 1. The second-order valence-corrected chi connectivity index (χ2v) is 5.30. The third-order valence-electron chi connectivity index (χ3n) is 3.53. The van der Waals surface area contributed by atoms with Crippen LogP contribution in [-0.2, 0) is 4.79 Å². The molecule has 4 nitrogen and oxygen atoms in total. The topological polar surface area (TPSA) is 52.6 Å². The summed E-state index contributed by atoms with van der Waals surface area (Å²) in [6.07, 6.45) is 0.995. The highest BCUT2D eigenvalue weighted by atomic mass is 16.4. The lowest BCUT2D eigenvalue weighted by atomic mass is 10.00. The van der Waals surface area contributed by atoms with Crippen LogP contribution in [0.15, 0.2) is 18.2 Å². The van der Waals surface area contributed by atoms with E-state index in [9.17, 15) is 9.90 Å². The van der Waals surface area contributed by atoms with Crippen molar-refractivity contribution in [3.8, 4) is 0 Å². The van der Waals surface area contributed by atoms with Crippen LogP contribution in [0.4, 0.5) is 0 Å². The molecule has 1 fully saturated rings. The van der Waals surface area contributed by atoms with Gasteiger partial charge in [-0.15, -0.1) is 0 Å². The van der Waals surface area contributed by atoms with E-state index in [1.165, 1.54) is 0 Å². The van der Waals surface area contributed by atoms with Crippen LogP contribution < -0.4 is 5.32 Å². The average molecular weight is 262 g/mol. The summed E-state index contributed by atoms with van der Waals surface area (Å²) in [6, 6.07) is 5.53. The summed E-state index contributed by atoms with van der Waals surface area (Å²) < 4.78 is 0. The Labute approximate surface area is 114 Å². The number of benzene rings is 1. The fraction of sp³-hybridized carbons (Fsp3) is 0.533. The summed E-state index contributed by atoms with van der Waals surface area (Å²) in [6.45, 7) is 7.46. The maximum Gasteiger partial charge on any atom is 0.325 e. The van der Waals surface area contributed by atoms with Crippen molar-refractivity contribution in [1.82, 2.24) is 10.2 Å². The Morgan fingerprint density at radius 3 is 2.53 bits per heavy atom. The number of aryl methyl sites for hydroxylation is 2. The molecule has 19 heavy (non-hydrogen) atoms. The molecule has 0 amide bonds. The Hall–Kier alpha value is -1.39. The van der Waals surface area contributed by atoms with Crippen molar-refractivity contribution in [3.63, 3.8) is 0 Å². The molecule has 1 aromatic rings. The largest absolute Gasteiger partial charge is 0.480 e. The first-order valence-electron chi connectivity index (χ1n) is 6.83. The third kappa shape index (κ3) is 3.55. The highest BCUT2D eigenvalue weighted by Gasteiger charge is 2.27. The van der Waals surface area contributed by atoms with Gasteiger partial charge in [0.15, 0.2) is 0 Å². The van der Waals surface area contributed by atoms with E-state index < -0.39 is 12.0 Å². The van der Waals surface area contributed by atoms with Crippen molar-refractivity contribution in [2.45, 2.75) is 26.3 Å². The molecule has 0 radical (unpaired) electrons. The smallest absolute Gasteiger partial charge is 0.325 e. The summed E-state index contributed by atoms with van der Waals surface area (Å²) in [4.78, 5) is 13.7. The quantitative estimate of drug-likeness (QED) is 0.871. The summed E-state index contributed by atoms with van der Waals surface area (Å²) in [5.41, 5.74) is 3.13. The van der Waals surface area contributed by atoms with Gasteiger partial charge in [-0.05, 0) is 32.4 Å². The summed E-state index contributed by atoms with van der Waals surface area (Å²) in [5.74, 6) is -0.758. The second kappa shape index (κ2) is 6.17. The summed E-state index contributed by atoms with van der Waals surface area (Å²) in [5, 5.41) is 12.9. The molecule has 1 heterocycles. The number of aliphatic carboxylic acids is 1. The van der Waals surface area contributed by atoms with Crippen LogP contribution >= 0.6 is 0 Å². The Kier molecular flexibility index (Phi) is 4.56. The SMILES string of the molecule is Cc1cc(C)cc(C(C(=O)O)N2CCCNCC2)c1. The van der Waals surface area contributed by atoms with E-state index in [0.29, 0.717) is 0 Å². The Bertz CT molecular complexity index is 431. The van der Waals surface area contributed by atoms with Crippen LogP contribution in [-0.4, -0.2) is 42.2 Å². The maximum absolute atomic E-state index is 11.7. The van der Waals surface area contributed by atoms with E-state index in [4.69, 9.17) is 0 Å². The van der Waals surface area contributed by atoms with Crippen molar-refractivity contribution in [2.75, 3.05) is 26.2 Å². The number of rotatable bonds is 3. The Morgan fingerprint density at radius 1 is 1.21 bits per heavy atom. The maximum atomic E-state index is 11.7. The van der Waals surface area contributed by atoms with E-state index in [1.54, 1.807) is 0 Å². The molecule has 4 heteroatoms. The van der Waals surface area contributed by atoms with Crippen molar-refractivity contribution >= 4 is 5.97 Å². The minimum absolute atomic E-state index is 0.529. The van der Waals surface area contributed by atoms with E-state index in [1.807, 2.05) is 26.0 Å². The van der Waals surface area contributed by atoms with Gasteiger partial charge < -0.3 is 10.4 Å². The zero-order valence-electron chi connectivity index (χ0n) is 11.6. The minimum Gasteiger partial charge on any atom is -0.480 e. The van der Waals surface area contributed by atoms with Crippen molar-refractivity contribution in [3.05, 3.63) is 34.9 Å². The van der Waals surface area contributed by atoms with Crippen molar-refractivity contribution in [1.29, 1.82) is 0 Å². The van der Waals surface area contributed by atoms with Gasteiger partial charge in [-0.3, -0.25) is 9.69 Å². The normalized spacial score (nSPS) is 18.8. The predicted octanol–water partition coefficient (Wildman–Crippen LogP) is 1.72. The Morgan fingerprint density at radius 2 is 1.89 bits per heavy atom. The molecule has 1 unspecified atom stereocenters. The van der Waals surface area contributed by atoms with Crippen LogP contribution in [0.2, 0.25) is 0 Å². The van der Waals surface area contributed by atoms with Gasteiger partial charge in [-0.1, -0.05) is 29.3 Å². The van der Waals surface area contributed by atoms with Gasteiger partial charge in [-0.25, -0.2) is 0 Å². The predicted molar refractivity (Wildman–Crippen MR) is 75.4 cm³/mol. The first-order chi connectivity index (χ1) is 9.08. The van der Waals surface area contributed by atoms with Gasteiger partial charge in [0.05, 0.1) is 0 Å². The zero-order chi connectivity index (χ0) is 13.8. The molecule has 1 aromatic carbocycles. The fourth-order valence-electron chi connectivity index (χ4n) is 2.80. The molecule has 1 saturated heterocycles. The molecular formula is C15H22N2O2. The van der Waals surface area contributed by atoms with Gasteiger partial charge >= 0.3 is 5.97 Å². The third-order valence-corrected chi connectivity index (χ3v) is 3.53. The monoisotopic (exact) mass is 262 g/mol. The molecule has 104 valence electrons. The average Bonchev–Trinajstić information content (AvgIpc) is 2.56. The van der Waals surface area contributed by atoms with Gasteiger partial charge in [0.2, 0.25) is 0 Å². The van der Waals surface area contributed by atoms with Crippen LogP contribution in [0, 0.1) is 13.8 Å². The number of hydrogen-bond acceptors (Lipinski definition) is 3. The molecule has 0 bridgehead atoms. The van der Waals surface area contributed by atoms with E-state index in [0.717, 1.165) is 49.3 Å². The molecule has 2 rings (SSSR count). The number of nitrogens with one attached hydrogen (secondary N) is 1. The second-order valence-electron chi connectivity index (χ2n) is 5.30. The highest BCUT2D eigenvalue weighted by molar-refractivity contribution is 5.75. The van der Waals surface area contributed by atoms with Gasteiger partial charge in [-0.2, -0.15) is 0 Å². The molecular weight excluding hydrogens is 240 g/mol. The molecule has 1 atom stereocenters. The first-order valence-corrected chi connectivity index (χ1v) is 6.83. The molecule has 1 aliphatic rings. The molecule has 0 aromatic heterocycles. The lowest BCUT2D eigenvalue weighted by molar-refractivity contribution is -0.143. The van der Waals surface area contributed by atoms with Crippen molar-refractivity contribution < 1.29 is 9.90 Å². The molecule has 2 N–H and O–H groups in total. The van der Waals surface area contributed by atoms with Gasteiger partial charge in [0.1, 0.15) is 6.04 Å². The van der Waals surface area contributed by atoms with Crippen LogP contribution in [0.3, 0.4) is 0 Å². The first kappa shape index (κ1) is 14.0. The molecule has 0 spiro atoms. The minimum atomic E-state index is -0.758. The van der Waals surface area contributed by atoms with E-state index >= 15 is 0 Å². The van der Waals surface area contributed by atoms with Crippen LogP contribution in [0.1, 0.15) is 29.2 Å². The lowest BCUT2D eigenvalue weighted by Gasteiger charge is -2.27. The van der Waals surface area contributed by atoms with Crippen molar-refractivity contribution in [2.24, 2.45) is 0 Å². The summed E-state index contributed by atoms with van der Waals surface area (Å²) >= 11 is 0.